The van der Waals surface area contributed by atoms with Gasteiger partial charge < -0.3 is 0 Å². The summed E-state index contributed by atoms with van der Waals surface area (Å²) in [5, 5.41) is 3.11. The van der Waals surface area contributed by atoms with Crippen LogP contribution in [0.3, 0.4) is 0 Å². The zero-order chi connectivity index (χ0) is 13.2. The number of rotatable bonds is 3. The number of aryl methyl sites for hydroxylation is 1. The molecule has 0 bridgehead atoms. The topological polar surface area (TPSA) is 63.8 Å². The van der Waals surface area contributed by atoms with Crippen LogP contribution in [-0.2, 0) is 0 Å². The second-order valence-corrected chi connectivity index (χ2v) is 5.14. The summed E-state index contributed by atoms with van der Waals surface area (Å²) in [6, 6.07) is 10.2. The fraction of sp³-hybridized carbons (Fsp3) is 0.143. The number of hydrogen-bond acceptors (Lipinski definition) is 5. The van der Waals surface area contributed by atoms with Crippen molar-refractivity contribution in [2.75, 3.05) is 0 Å². The van der Waals surface area contributed by atoms with E-state index in [1.807, 2.05) is 36.0 Å². The maximum absolute atomic E-state index is 5.66. The highest BCUT2D eigenvalue weighted by molar-refractivity contribution is 7.07. The number of hydrogen-bond donors (Lipinski definition) is 2. The van der Waals surface area contributed by atoms with Crippen molar-refractivity contribution < 1.29 is 0 Å². The Labute approximate surface area is 115 Å². The van der Waals surface area contributed by atoms with E-state index in [0.29, 0.717) is 0 Å². The van der Waals surface area contributed by atoms with E-state index in [0.717, 1.165) is 27.9 Å². The van der Waals surface area contributed by atoms with Gasteiger partial charge in [0.05, 0.1) is 22.8 Å². The molecular weight excluding hydrogens is 256 g/mol. The third-order valence-electron chi connectivity index (χ3n) is 3.10. The van der Waals surface area contributed by atoms with E-state index in [4.69, 9.17) is 5.84 Å². The highest BCUT2D eigenvalue weighted by Crippen LogP contribution is 2.24. The zero-order valence-corrected chi connectivity index (χ0v) is 11.3. The molecule has 2 aromatic heterocycles. The van der Waals surface area contributed by atoms with Gasteiger partial charge >= 0.3 is 0 Å². The number of fused-ring (bicyclic) bond motifs is 1. The van der Waals surface area contributed by atoms with E-state index in [-0.39, 0.29) is 6.04 Å². The summed E-state index contributed by atoms with van der Waals surface area (Å²) in [4.78, 5) is 8.82. The van der Waals surface area contributed by atoms with Crippen molar-refractivity contribution in [3.63, 3.8) is 0 Å². The normalized spacial score (nSPS) is 12.7. The van der Waals surface area contributed by atoms with Gasteiger partial charge in [0.2, 0.25) is 0 Å². The summed E-state index contributed by atoms with van der Waals surface area (Å²) in [7, 11) is 0. The number of nitrogens with two attached hydrogens (primary N) is 1. The molecule has 3 N–H and O–H groups in total. The Morgan fingerprint density at radius 2 is 2.16 bits per heavy atom. The number of nitrogens with zero attached hydrogens (tertiary/aromatic N) is 2. The monoisotopic (exact) mass is 270 g/mol. The molecule has 0 radical (unpaired) electrons. The maximum Gasteiger partial charge on any atom is 0.0890 e. The molecule has 0 spiro atoms. The van der Waals surface area contributed by atoms with Gasteiger partial charge in [-0.1, -0.05) is 12.1 Å². The Balaban J connectivity index is 2.07. The predicted octanol–water partition coefficient (Wildman–Crippen LogP) is 2.55. The van der Waals surface area contributed by atoms with Crippen LogP contribution in [0.25, 0.3) is 10.9 Å². The molecule has 0 saturated carbocycles. The Morgan fingerprint density at radius 1 is 1.26 bits per heavy atom. The highest BCUT2D eigenvalue weighted by Gasteiger charge is 2.14. The van der Waals surface area contributed by atoms with E-state index in [9.17, 15) is 0 Å². The molecular formula is C14H14N4S. The summed E-state index contributed by atoms with van der Waals surface area (Å²) >= 11 is 1.56. The lowest BCUT2D eigenvalue weighted by molar-refractivity contribution is 0.624. The highest BCUT2D eigenvalue weighted by atomic mass is 32.1. The van der Waals surface area contributed by atoms with Gasteiger partial charge in [-0.2, -0.15) is 0 Å². The minimum atomic E-state index is -0.0862. The minimum Gasteiger partial charge on any atom is -0.271 e. The second kappa shape index (κ2) is 5.05. The number of thiazole rings is 1. The number of benzene rings is 1. The predicted molar refractivity (Wildman–Crippen MR) is 77.8 cm³/mol. The lowest BCUT2D eigenvalue weighted by atomic mass is 10.0. The summed E-state index contributed by atoms with van der Waals surface area (Å²) in [5.74, 6) is 5.66. The van der Waals surface area contributed by atoms with Gasteiger partial charge in [-0.05, 0) is 30.7 Å². The molecule has 96 valence electrons. The smallest absolute Gasteiger partial charge is 0.0890 e. The van der Waals surface area contributed by atoms with Crippen molar-refractivity contribution in [1.82, 2.24) is 15.4 Å². The number of nitrogens with one attached hydrogen (secondary N) is 1. The number of aromatic nitrogens is 2. The van der Waals surface area contributed by atoms with Crippen molar-refractivity contribution in [2.45, 2.75) is 13.0 Å². The lowest BCUT2D eigenvalue weighted by Gasteiger charge is -2.14. The fourth-order valence-electron chi connectivity index (χ4n) is 2.14. The molecule has 4 nitrogen and oxygen atoms in total. The summed E-state index contributed by atoms with van der Waals surface area (Å²) < 4.78 is 0. The van der Waals surface area contributed by atoms with Crippen LogP contribution in [0.15, 0.2) is 41.2 Å². The molecule has 0 aliphatic carbocycles. The molecule has 3 aromatic rings. The molecule has 0 amide bonds. The van der Waals surface area contributed by atoms with Crippen molar-refractivity contribution in [3.05, 3.63) is 58.2 Å². The van der Waals surface area contributed by atoms with E-state index in [2.05, 4.69) is 27.5 Å². The van der Waals surface area contributed by atoms with Crippen LogP contribution in [0, 0.1) is 6.92 Å². The molecule has 0 aliphatic heterocycles. The maximum atomic E-state index is 5.66. The molecule has 1 atom stereocenters. The molecule has 0 aliphatic rings. The van der Waals surface area contributed by atoms with Crippen LogP contribution in [0.1, 0.15) is 23.0 Å². The van der Waals surface area contributed by atoms with Gasteiger partial charge in [0.1, 0.15) is 0 Å². The Morgan fingerprint density at radius 3 is 2.89 bits per heavy atom. The third-order valence-corrected chi connectivity index (χ3v) is 3.70. The van der Waals surface area contributed by atoms with E-state index >= 15 is 0 Å². The van der Waals surface area contributed by atoms with Gasteiger partial charge in [0.25, 0.3) is 0 Å². The Bertz CT molecular complexity index is 694. The van der Waals surface area contributed by atoms with Gasteiger partial charge in [-0.15, -0.1) is 11.3 Å². The Kier molecular flexibility index (Phi) is 3.25. The summed E-state index contributed by atoms with van der Waals surface area (Å²) in [6.07, 6.45) is 0. The molecule has 0 saturated heterocycles. The first-order valence-electron chi connectivity index (χ1n) is 5.99. The Hall–Kier alpha value is -1.82. The van der Waals surface area contributed by atoms with Crippen LogP contribution in [0.4, 0.5) is 0 Å². The molecule has 1 aromatic carbocycles. The van der Waals surface area contributed by atoms with Crippen molar-refractivity contribution in [3.8, 4) is 0 Å². The summed E-state index contributed by atoms with van der Waals surface area (Å²) in [6.45, 7) is 1.99. The van der Waals surface area contributed by atoms with Gasteiger partial charge in [-0.3, -0.25) is 10.8 Å². The molecule has 19 heavy (non-hydrogen) atoms. The largest absolute Gasteiger partial charge is 0.271 e. The van der Waals surface area contributed by atoms with Crippen LogP contribution in [-0.4, -0.2) is 9.97 Å². The van der Waals surface area contributed by atoms with E-state index < -0.39 is 0 Å². The zero-order valence-electron chi connectivity index (χ0n) is 10.5. The average Bonchev–Trinajstić information content (AvgIpc) is 2.93. The van der Waals surface area contributed by atoms with Crippen molar-refractivity contribution in [2.24, 2.45) is 5.84 Å². The quantitative estimate of drug-likeness (QED) is 0.567. The number of pyridine rings is 1. The van der Waals surface area contributed by atoms with Gasteiger partial charge in [0.15, 0.2) is 0 Å². The second-order valence-electron chi connectivity index (χ2n) is 4.42. The van der Waals surface area contributed by atoms with Crippen molar-refractivity contribution in [1.29, 1.82) is 0 Å². The van der Waals surface area contributed by atoms with Crippen LogP contribution < -0.4 is 11.3 Å². The van der Waals surface area contributed by atoms with Gasteiger partial charge in [0, 0.05) is 16.5 Å². The SMILES string of the molecule is Cc1ccc2cc(C(NN)c3cscn3)ccc2n1. The fourth-order valence-corrected chi connectivity index (χ4v) is 2.72. The van der Waals surface area contributed by atoms with E-state index in [1.54, 1.807) is 11.3 Å². The molecule has 5 heteroatoms. The van der Waals surface area contributed by atoms with Crippen molar-refractivity contribution >= 4 is 22.2 Å². The molecule has 0 fully saturated rings. The molecule has 3 rings (SSSR count). The van der Waals surface area contributed by atoms with Crippen LogP contribution in [0.5, 0.6) is 0 Å². The number of hydrazine groups is 1. The van der Waals surface area contributed by atoms with Crippen LogP contribution in [0.2, 0.25) is 0 Å². The first-order valence-corrected chi connectivity index (χ1v) is 6.94. The van der Waals surface area contributed by atoms with E-state index in [1.165, 1.54) is 0 Å². The van der Waals surface area contributed by atoms with Crippen LogP contribution >= 0.6 is 11.3 Å². The first-order chi connectivity index (χ1) is 9.28. The van der Waals surface area contributed by atoms with Gasteiger partial charge in [-0.25, -0.2) is 10.4 Å². The minimum absolute atomic E-state index is 0.0862. The first kappa shape index (κ1) is 12.2. The molecule has 2 heterocycles. The average molecular weight is 270 g/mol. The lowest BCUT2D eigenvalue weighted by Crippen LogP contribution is -2.29. The standard InChI is InChI=1S/C14H14N4S/c1-9-2-3-10-6-11(4-5-12(10)17-9)14(18-15)13-7-19-8-16-13/h2-8,14,18H,15H2,1H3. The summed E-state index contributed by atoms with van der Waals surface area (Å²) in [5.41, 5.74) is 8.68. The third kappa shape index (κ3) is 2.35. The molecule has 1 unspecified atom stereocenters.